The van der Waals surface area contributed by atoms with E-state index in [1.165, 1.54) is 23.8 Å². The van der Waals surface area contributed by atoms with Crippen LogP contribution in [0.1, 0.15) is 5.56 Å². The van der Waals surface area contributed by atoms with E-state index < -0.39 is 0 Å². The lowest BCUT2D eigenvalue weighted by Crippen LogP contribution is -2.23. The average Bonchev–Trinajstić information content (AvgIpc) is 2.25. The number of aryl methyl sites for hydroxylation is 1. The van der Waals surface area contributed by atoms with Gasteiger partial charge in [0.15, 0.2) is 0 Å². The highest BCUT2D eigenvalue weighted by Crippen LogP contribution is 2.26. The van der Waals surface area contributed by atoms with Gasteiger partial charge in [0.25, 0.3) is 0 Å². The number of hydrogen-bond donors (Lipinski definition) is 0. The fourth-order valence-electron chi connectivity index (χ4n) is 1.10. The Labute approximate surface area is 98.0 Å². The van der Waals surface area contributed by atoms with E-state index in [2.05, 4.69) is 41.2 Å². The summed E-state index contributed by atoms with van der Waals surface area (Å²) in [6.07, 6.45) is 3.14. The quantitative estimate of drug-likeness (QED) is 0.451. The molecule has 0 bridgehead atoms. The molecule has 1 aromatic rings. The van der Waals surface area contributed by atoms with Crippen LogP contribution in [0.3, 0.4) is 0 Å². The highest BCUT2D eigenvalue weighted by atomic mass is 35.5. The Morgan fingerprint density at radius 2 is 2.07 bits per heavy atom. The van der Waals surface area contributed by atoms with Crippen LogP contribution in [0.5, 0.6) is 0 Å². The molecular weight excluding hydrogens is 230 g/mol. The molecule has 1 aromatic carbocycles. The van der Waals surface area contributed by atoms with E-state index in [-0.39, 0.29) is 5.62 Å². The van der Waals surface area contributed by atoms with Gasteiger partial charge in [-0.3, -0.25) is 4.31 Å². The molecule has 0 fully saturated rings. The largest absolute Gasteiger partial charge is 0.265 e. The number of hydrogen-bond acceptors (Lipinski definition) is 4. The molecule has 0 amide bonds. The van der Waals surface area contributed by atoms with E-state index >= 15 is 0 Å². The zero-order valence-electron chi connectivity index (χ0n) is 8.17. The van der Waals surface area contributed by atoms with Gasteiger partial charge in [0, 0.05) is 4.90 Å². The summed E-state index contributed by atoms with van der Waals surface area (Å²) in [6.45, 7) is 2.06. The molecule has 0 aromatic heterocycles. The lowest BCUT2D eigenvalue weighted by atomic mass is 10.2. The molecule has 2 rings (SSSR count). The first-order valence-corrected chi connectivity index (χ1v) is 5.69. The predicted molar refractivity (Wildman–Crippen MR) is 65.5 cm³/mol. The van der Waals surface area contributed by atoms with E-state index in [1.54, 1.807) is 10.6 Å². The Kier molecular flexibility index (Phi) is 3.28. The molecule has 0 saturated carbocycles. The molecule has 0 aliphatic carbocycles. The van der Waals surface area contributed by atoms with Gasteiger partial charge in [-0.15, -0.1) is 0 Å². The maximum absolute atomic E-state index is 5.98. The molecule has 3 nitrogen and oxygen atoms in total. The highest BCUT2D eigenvalue weighted by Gasteiger charge is 2.14. The van der Waals surface area contributed by atoms with Crippen molar-refractivity contribution in [2.45, 2.75) is 17.4 Å². The molecule has 1 heterocycles. The maximum Gasteiger partial charge on any atom is 0.209 e. The predicted octanol–water partition coefficient (Wildman–Crippen LogP) is 2.90. The topological polar surface area (TPSA) is 28.0 Å². The number of rotatable bonds is 2. The van der Waals surface area contributed by atoms with Gasteiger partial charge in [0.05, 0.1) is 0 Å². The molecule has 1 aliphatic rings. The lowest BCUT2D eigenvalue weighted by Gasteiger charge is -2.21. The standard InChI is InChI=1S/C10H10ClN3S/c1-8-2-4-9(5-3-8)15-14-7-12-6-13-10(14)11/h2-7,10H,1H3. The second-order valence-corrected chi connectivity index (χ2v) is 4.57. The molecule has 1 aliphatic heterocycles. The Hall–Kier alpha value is -1.00. The molecule has 1 unspecified atom stereocenters. The Balaban J connectivity index is 2.05. The summed E-state index contributed by atoms with van der Waals surface area (Å²) in [5.41, 5.74) is 0.862. The van der Waals surface area contributed by atoms with Crippen LogP contribution in [0.25, 0.3) is 0 Å². The maximum atomic E-state index is 5.98. The second kappa shape index (κ2) is 4.68. The number of aliphatic imine (C=N–C) groups is 2. The van der Waals surface area contributed by atoms with E-state index in [1.807, 2.05) is 0 Å². The normalized spacial score (nSPS) is 19.6. The third kappa shape index (κ3) is 2.73. The van der Waals surface area contributed by atoms with Crippen molar-refractivity contribution in [1.82, 2.24) is 4.31 Å². The first-order valence-electron chi connectivity index (χ1n) is 4.48. The number of nitrogens with zero attached hydrogens (tertiary/aromatic N) is 3. The summed E-state index contributed by atoms with van der Waals surface area (Å²) in [4.78, 5) is 9.02. The average molecular weight is 240 g/mol. The Morgan fingerprint density at radius 1 is 1.33 bits per heavy atom. The molecule has 5 heteroatoms. The molecule has 15 heavy (non-hydrogen) atoms. The van der Waals surface area contributed by atoms with Crippen molar-refractivity contribution in [2.75, 3.05) is 0 Å². The smallest absolute Gasteiger partial charge is 0.209 e. The first kappa shape index (κ1) is 10.5. The minimum absolute atomic E-state index is 0.381. The lowest BCUT2D eigenvalue weighted by molar-refractivity contribution is 0.643. The zero-order valence-corrected chi connectivity index (χ0v) is 9.74. The van der Waals surface area contributed by atoms with Gasteiger partial charge in [-0.25, -0.2) is 9.98 Å². The number of benzene rings is 1. The van der Waals surface area contributed by atoms with Crippen molar-refractivity contribution in [2.24, 2.45) is 9.98 Å². The van der Waals surface area contributed by atoms with Gasteiger partial charge in [0.1, 0.15) is 12.7 Å². The van der Waals surface area contributed by atoms with Crippen molar-refractivity contribution in [3.63, 3.8) is 0 Å². The highest BCUT2D eigenvalue weighted by molar-refractivity contribution is 7.97. The summed E-state index contributed by atoms with van der Waals surface area (Å²) >= 11 is 7.50. The van der Waals surface area contributed by atoms with Crippen molar-refractivity contribution in [3.8, 4) is 0 Å². The minimum Gasteiger partial charge on any atom is -0.265 e. The molecule has 78 valence electrons. The fourth-order valence-corrected chi connectivity index (χ4v) is 2.06. The summed E-state index contributed by atoms with van der Waals surface area (Å²) in [6, 6.07) is 8.23. The van der Waals surface area contributed by atoms with Gasteiger partial charge in [-0.2, -0.15) is 0 Å². The van der Waals surface area contributed by atoms with Gasteiger partial charge >= 0.3 is 0 Å². The van der Waals surface area contributed by atoms with E-state index in [0.717, 1.165) is 4.90 Å². The molecule has 0 radical (unpaired) electrons. The van der Waals surface area contributed by atoms with E-state index in [0.29, 0.717) is 0 Å². The van der Waals surface area contributed by atoms with Gasteiger partial charge < -0.3 is 0 Å². The fraction of sp³-hybridized carbons (Fsp3) is 0.200. The van der Waals surface area contributed by atoms with Crippen LogP contribution in [-0.4, -0.2) is 22.6 Å². The van der Waals surface area contributed by atoms with Crippen LogP contribution in [0.4, 0.5) is 0 Å². The zero-order chi connectivity index (χ0) is 10.7. The van der Waals surface area contributed by atoms with Gasteiger partial charge in [-0.1, -0.05) is 29.3 Å². The van der Waals surface area contributed by atoms with E-state index in [4.69, 9.17) is 11.6 Å². The summed E-state index contributed by atoms with van der Waals surface area (Å²) < 4.78 is 1.80. The van der Waals surface area contributed by atoms with Crippen molar-refractivity contribution < 1.29 is 0 Å². The third-order valence-corrected chi connectivity index (χ3v) is 3.31. The van der Waals surface area contributed by atoms with Crippen molar-refractivity contribution in [3.05, 3.63) is 29.8 Å². The Morgan fingerprint density at radius 3 is 2.73 bits per heavy atom. The van der Waals surface area contributed by atoms with Crippen LogP contribution in [0.2, 0.25) is 0 Å². The summed E-state index contributed by atoms with van der Waals surface area (Å²) in [7, 11) is 0. The second-order valence-electron chi connectivity index (χ2n) is 3.10. The van der Waals surface area contributed by atoms with Gasteiger partial charge in [-0.05, 0) is 31.0 Å². The molecular formula is C10H10ClN3S. The van der Waals surface area contributed by atoms with Crippen LogP contribution < -0.4 is 0 Å². The molecule has 0 saturated heterocycles. The van der Waals surface area contributed by atoms with Gasteiger partial charge in [0.2, 0.25) is 5.62 Å². The van der Waals surface area contributed by atoms with Crippen LogP contribution in [-0.2, 0) is 0 Å². The van der Waals surface area contributed by atoms with Crippen LogP contribution >= 0.6 is 23.5 Å². The van der Waals surface area contributed by atoms with Crippen LogP contribution in [0, 0.1) is 6.92 Å². The van der Waals surface area contributed by atoms with Crippen molar-refractivity contribution in [1.29, 1.82) is 0 Å². The Bertz CT molecular complexity index is 388. The molecule has 0 spiro atoms. The minimum atomic E-state index is -0.381. The van der Waals surface area contributed by atoms with E-state index in [9.17, 15) is 0 Å². The molecule has 0 N–H and O–H groups in total. The SMILES string of the molecule is Cc1ccc(SN2C=NC=NC2Cl)cc1. The summed E-state index contributed by atoms with van der Waals surface area (Å²) in [5.74, 6) is 0. The number of alkyl halides is 1. The monoisotopic (exact) mass is 239 g/mol. The first-order chi connectivity index (χ1) is 7.25. The third-order valence-electron chi connectivity index (χ3n) is 1.88. The van der Waals surface area contributed by atoms with Crippen molar-refractivity contribution >= 4 is 36.2 Å². The number of halogens is 1. The summed E-state index contributed by atoms with van der Waals surface area (Å²) in [5, 5.41) is 0. The molecule has 1 atom stereocenters. The van der Waals surface area contributed by atoms with Crippen LogP contribution in [0.15, 0.2) is 39.1 Å².